The Balaban J connectivity index is 2.02. The van der Waals surface area contributed by atoms with Crippen LogP contribution in [0.2, 0.25) is 0 Å². The zero-order chi connectivity index (χ0) is 13.1. The number of pyridine rings is 1. The number of carboxylic acids is 1. The predicted octanol–water partition coefficient (Wildman–Crippen LogP) is 0.770. The van der Waals surface area contributed by atoms with Crippen LogP contribution in [-0.2, 0) is 4.79 Å². The minimum atomic E-state index is -0.929. The lowest BCUT2D eigenvalue weighted by Gasteiger charge is -2.16. The van der Waals surface area contributed by atoms with Gasteiger partial charge >= 0.3 is 5.97 Å². The fraction of sp³-hybridized carbons (Fsp3) is 0.417. The maximum atomic E-state index is 11.9. The number of aliphatic carboxylic acids is 1. The van der Waals surface area contributed by atoms with Crippen LogP contribution >= 0.6 is 0 Å². The van der Waals surface area contributed by atoms with E-state index in [1.807, 2.05) is 0 Å². The first-order chi connectivity index (χ1) is 8.56. The van der Waals surface area contributed by atoms with Crippen LogP contribution in [0.1, 0.15) is 29.6 Å². The summed E-state index contributed by atoms with van der Waals surface area (Å²) >= 11 is 0. The quantitative estimate of drug-likeness (QED) is 0.716. The number of aromatic nitrogens is 1. The molecule has 6 nitrogen and oxygen atoms in total. The van der Waals surface area contributed by atoms with E-state index in [0.717, 1.165) is 12.8 Å². The van der Waals surface area contributed by atoms with Crippen molar-refractivity contribution in [1.82, 2.24) is 10.3 Å². The second-order valence-corrected chi connectivity index (χ2v) is 4.45. The molecular formula is C12H14N2O4. The number of nitrogens with zero attached hydrogens (tertiary/aromatic N) is 1. The van der Waals surface area contributed by atoms with Crippen molar-refractivity contribution < 1.29 is 19.8 Å². The van der Waals surface area contributed by atoms with Crippen molar-refractivity contribution in [3.63, 3.8) is 0 Å². The van der Waals surface area contributed by atoms with Gasteiger partial charge in [0.1, 0.15) is 5.75 Å². The summed E-state index contributed by atoms with van der Waals surface area (Å²) in [5, 5.41) is 20.7. The molecule has 1 atom stereocenters. The molecule has 0 spiro atoms. The molecule has 1 aromatic heterocycles. The van der Waals surface area contributed by atoms with Crippen LogP contribution in [0.4, 0.5) is 0 Å². The molecule has 96 valence electrons. The zero-order valence-electron chi connectivity index (χ0n) is 9.67. The molecule has 1 saturated carbocycles. The Labute approximate surface area is 104 Å². The number of carbonyl (C=O) groups excluding carboxylic acids is 1. The Bertz CT molecular complexity index is 471. The molecule has 2 rings (SSSR count). The number of hydrogen-bond donors (Lipinski definition) is 3. The Kier molecular flexibility index (Phi) is 3.45. The maximum Gasteiger partial charge on any atom is 0.305 e. The monoisotopic (exact) mass is 250 g/mol. The van der Waals surface area contributed by atoms with E-state index in [9.17, 15) is 14.7 Å². The summed E-state index contributed by atoms with van der Waals surface area (Å²) in [4.78, 5) is 26.3. The van der Waals surface area contributed by atoms with E-state index < -0.39 is 11.9 Å². The highest BCUT2D eigenvalue weighted by molar-refractivity contribution is 5.94. The van der Waals surface area contributed by atoms with E-state index in [1.165, 1.54) is 18.5 Å². The van der Waals surface area contributed by atoms with Gasteiger partial charge in [-0.05, 0) is 24.8 Å². The van der Waals surface area contributed by atoms with E-state index in [1.54, 1.807) is 0 Å². The van der Waals surface area contributed by atoms with Crippen LogP contribution in [0.3, 0.4) is 0 Å². The summed E-state index contributed by atoms with van der Waals surface area (Å²) in [6.07, 6.45) is 4.36. The highest BCUT2D eigenvalue weighted by Crippen LogP contribution is 2.34. The van der Waals surface area contributed by atoms with Crippen molar-refractivity contribution in [3.8, 4) is 5.75 Å². The normalized spacial score (nSPS) is 16.0. The van der Waals surface area contributed by atoms with E-state index in [-0.39, 0.29) is 29.7 Å². The number of amides is 1. The minimum Gasteiger partial charge on any atom is -0.506 e. The fourth-order valence-electron chi connectivity index (χ4n) is 1.83. The van der Waals surface area contributed by atoms with Crippen LogP contribution in [-0.4, -0.2) is 33.1 Å². The van der Waals surface area contributed by atoms with E-state index >= 15 is 0 Å². The largest absolute Gasteiger partial charge is 0.506 e. The van der Waals surface area contributed by atoms with Gasteiger partial charge < -0.3 is 15.5 Å². The number of carbonyl (C=O) groups is 2. The van der Waals surface area contributed by atoms with Gasteiger partial charge in [-0.2, -0.15) is 0 Å². The van der Waals surface area contributed by atoms with Gasteiger partial charge in [-0.1, -0.05) is 0 Å². The van der Waals surface area contributed by atoms with Gasteiger partial charge in [0.05, 0.1) is 18.2 Å². The Morgan fingerprint density at radius 3 is 2.72 bits per heavy atom. The highest BCUT2D eigenvalue weighted by atomic mass is 16.4. The van der Waals surface area contributed by atoms with Gasteiger partial charge in [0, 0.05) is 12.2 Å². The Morgan fingerprint density at radius 2 is 2.17 bits per heavy atom. The molecule has 1 fully saturated rings. The first kappa shape index (κ1) is 12.3. The van der Waals surface area contributed by atoms with Crippen molar-refractivity contribution in [2.45, 2.75) is 25.3 Å². The van der Waals surface area contributed by atoms with Crippen LogP contribution in [0, 0.1) is 5.92 Å². The van der Waals surface area contributed by atoms with Crippen LogP contribution in [0.15, 0.2) is 18.5 Å². The smallest absolute Gasteiger partial charge is 0.305 e. The van der Waals surface area contributed by atoms with Gasteiger partial charge in [-0.25, -0.2) is 0 Å². The van der Waals surface area contributed by atoms with Gasteiger partial charge in [0.15, 0.2) is 0 Å². The molecule has 18 heavy (non-hydrogen) atoms. The molecule has 0 saturated heterocycles. The van der Waals surface area contributed by atoms with Crippen molar-refractivity contribution in [1.29, 1.82) is 0 Å². The van der Waals surface area contributed by atoms with Crippen molar-refractivity contribution in [2.75, 3.05) is 0 Å². The number of aromatic hydroxyl groups is 1. The summed E-state index contributed by atoms with van der Waals surface area (Å²) in [6, 6.07) is 0.949. The second-order valence-electron chi connectivity index (χ2n) is 4.45. The standard InChI is InChI=1S/C12H14N2O4/c15-9-3-8(5-13-6-9)12(18)14-10(4-11(16)17)7-1-2-7/h3,5-7,10,15H,1-2,4H2,(H,14,18)(H,16,17). The first-order valence-electron chi connectivity index (χ1n) is 5.73. The summed E-state index contributed by atoms with van der Waals surface area (Å²) in [7, 11) is 0. The zero-order valence-corrected chi connectivity index (χ0v) is 9.67. The molecule has 0 bridgehead atoms. The SMILES string of the molecule is O=C(O)CC(NC(=O)c1cncc(O)c1)C1CC1. The van der Waals surface area contributed by atoms with Gasteiger partial charge in [0.2, 0.25) is 0 Å². The van der Waals surface area contributed by atoms with E-state index in [2.05, 4.69) is 10.3 Å². The molecule has 3 N–H and O–H groups in total. The lowest BCUT2D eigenvalue weighted by atomic mass is 10.1. The number of carboxylic acid groups (broad SMARTS) is 1. The summed E-state index contributed by atoms with van der Waals surface area (Å²) in [6.45, 7) is 0. The molecule has 1 unspecified atom stereocenters. The molecule has 1 aromatic rings. The average molecular weight is 250 g/mol. The van der Waals surface area contributed by atoms with Crippen molar-refractivity contribution in [3.05, 3.63) is 24.0 Å². The first-order valence-corrected chi connectivity index (χ1v) is 5.73. The molecule has 0 aliphatic heterocycles. The fourth-order valence-corrected chi connectivity index (χ4v) is 1.83. The summed E-state index contributed by atoms with van der Waals surface area (Å²) < 4.78 is 0. The molecule has 1 aliphatic rings. The lowest BCUT2D eigenvalue weighted by Crippen LogP contribution is -2.38. The lowest BCUT2D eigenvalue weighted by molar-refractivity contribution is -0.137. The number of hydrogen-bond acceptors (Lipinski definition) is 4. The third-order valence-corrected chi connectivity index (χ3v) is 2.89. The average Bonchev–Trinajstić information content (AvgIpc) is 3.11. The number of nitrogens with one attached hydrogen (secondary N) is 1. The summed E-state index contributed by atoms with van der Waals surface area (Å²) in [5.41, 5.74) is 0.228. The third kappa shape index (κ3) is 3.19. The van der Waals surface area contributed by atoms with Crippen molar-refractivity contribution in [2.24, 2.45) is 5.92 Å². The molecule has 0 radical (unpaired) electrons. The molecule has 1 heterocycles. The molecule has 6 heteroatoms. The predicted molar refractivity (Wildman–Crippen MR) is 62.1 cm³/mol. The van der Waals surface area contributed by atoms with E-state index in [0.29, 0.717) is 0 Å². The number of rotatable bonds is 5. The van der Waals surface area contributed by atoms with E-state index in [4.69, 9.17) is 5.11 Å². The minimum absolute atomic E-state index is 0.0807. The summed E-state index contributed by atoms with van der Waals surface area (Å²) in [5.74, 6) is -1.18. The molecule has 0 aromatic carbocycles. The Morgan fingerprint density at radius 1 is 1.44 bits per heavy atom. The topological polar surface area (TPSA) is 99.5 Å². The highest BCUT2D eigenvalue weighted by Gasteiger charge is 2.33. The van der Waals surface area contributed by atoms with Gasteiger partial charge in [-0.3, -0.25) is 14.6 Å². The van der Waals surface area contributed by atoms with Crippen LogP contribution < -0.4 is 5.32 Å². The third-order valence-electron chi connectivity index (χ3n) is 2.89. The molecule has 1 aliphatic carbocycles. The molecule has 1 amide bonds. The Hall–Kier alpha value is -2.11. The van der Waals surface area contributed by atoms with Crippen LogP contribution in [0.25, 0.3) is 0 Å². The maximum absolute atomic E-state index is 11.9. The van der Waals surface area contributed by atoms with Crippen molar-refractivity contribution >= 4 is 11.9 Å². The van der Waals surface area contributed by atoms with Crippen LogP contribution in [0.5, 0.6) is 5.75 Å². The van der Waals surface area contributed by atoms with Gasteiger partial charge in [-0.15, -0.1) is 0 Å². The molecular weight excluding hydrogens is 236 g/mol. The second kappa shape index (κ2) is 5.03. The van der Waals surface area contributed by atoms with Gasteiger partial charge in [0.25, 0.3) is 5.91 Å².